The number of ether oxygens (including phenoxy) is 8. The predicted molar refractivity (Wildman–Crippen MR) is 159 cm³/mol. The van der Waals surface area contributed by atoms with Crippen molar-refractivity contribution in [3.05, 3.63) is 10.4 Å². The fourth-order valence-electron chi connectivity index (χ4n) is 6.23. The fourth-order valence-corrected chi connectivity index (χ4v) is 6.23. The second kappa shape index (κ2) is 19.2. The molecule has 0 aromatic rings. The zero-order valence-electron chi connectivity index (χ0n) is 27.5. The molecule has 0 radical (unpaired) electrons. The second-order valence-corrected chi connectivity index (χ2v) is 12.7. The number of aliphatic hydroxyl groups is 12. The maximum Gasteiger partial charge on any atom is 0.187 e. The van der Waals surface area contributed by atoms with Gasteiger partial charge in [0.2, 0.25) is 0 Å². The van der Waals surface area contributed by atoms with Crippen LogP contribution in [0.5, 0.6) is 0 Å². The van der Waals surface area contributed by atoms with Gasteiger partial charge >= 0.3 is 0 Å². The van der Waals surface area contributed by atoms with Gasteiger partial charge in [-0.3, -0.25) is 0 Å². The molecule has 4 aliphatic heterocycles. The molecule has 0 aromatic carbocycles. The van der Waals surface area contributed by atoms with Gasteiger partial charge in [-0.15, -0.1) is 0 Å². The molecular formula is C28H49N3O20. The van der Waals surface area contributed by atoms with E-state index in [4.69, 9.17) is 43.4 Å². The van der Waals surface area contributed by atoms with E-state index in [1.807, 2.05) is 0 Å². The van der Waals surface area contributed by atoms with Crippen LogP contribution < -0.4 is 0 Å². The number of hydrogen-bond acceptors (Lipinski definition) is 21. The Morgan fingerprint density at radius 2 is 1.00 bits per heavy atom. The third-order valence-electron chi connectivity index (χ3n) is 9.27. The Morgan fingerprint density at radius 1 is 0.529 bits per heavy atom. The summed E-state index contributed by atoms with van der Waals surface area (Å²) in [6.07, 6.45) is -30.4. The van der Waals surface area contributed by atoms with E-state index in [0.717, 1.165) is 0 Å². The van der Waals surface area contributed by atoms with Crippen molar-refractivity contribution < 1.29 is 99.2 Å². The molecule has 20 unspecified atom stereocenters. The van der Waals surface area contributed by atoms with E-state index in [1.165, 1.54) is 6.92 Å². The van der Waals surface area contributed by atoms with E-state index in [-0.39, 0.29) is 19.6 Å². The van der Waals surface area contributed by atoms with E-state index in [9.17, 15) is 61.3 Å². The molecule has 23 nitrogen and oxygen atoms in total. The van der Waals surface area contributed by atoms with E-state index in [0.29, 0.717) is 0 Å². The van der Waals surface area contributed by atoms with E-state index >= 15 is 0 Å². The van der Waals surface area contributed by atoms with Crippen LogP contribution in [0.2, 0.25) is 0 Å². The molecule has 296 valence electrons. The molecule has 23 heteroatoms. The topological polar surface area (TPSA) is 365 Å². The molecule has 12 N–H and O–H groups in total. The number of azide groups is 1. The summed E-state index contributed by atoms with van der Waals surface area (Å²) in [5.41, 5.74) is 8.38. The molecule has 4 heterocycles. The zero-order valence-corrected chi connectivity index (χ0v) is 27.5. The number of nitrogens with zero attached hydrogens (tertiary/aromatic N) is 3. The summed E-state index contributed by atoms with van der Waals surface area (Å²) in [6, 6.07) is 0. The zero-order chi connectivity index (χ0) is 37.6. The second-order valence-electron chi connectivity index (χ2n) is 12.7. The minimum atomic E-state index is -1.91. The average Bonchev–Trinajstić information content (AvgIpc) is 3.12. The summed E-state index contributed by atoms with van der Waals surface area (Å²) in [6.45, 7) is -1.67. The minimum Gasteiger partial charge on any atom is -0.394 e. The Bertz CT molecular complexity index is 1110. The Balaban J connectivity index is 1.44. The van der Waals surface area contributed by atoms with Gasteiger partial charge in [0.1, 0.15) is 85.5 Å². The van der Waals surface area contributed by atoms with Gasteiger partial charge in [-0.2, -0.15) is 0 Å². The van der Waals surface area contributed by atoms with Crippen molar-refractivity contribution in [3.8, 4) is 0 Å². The van der Waals surface area contributed by atoms with Crippen molar-refractivity contribution in [2.45, 2.75) is 130 Å². The molecule has 0 spiro atoms. The Labute approximate surface area is 290 Å². The largest absolute Gasteiger partial charge is 0.394 e. The van der Waals surface area contributed by atoms with Crippen LogP contribution in [0.4, 0.5) is 0 Å². The third-order valence-corrected chi connectivity index (χ3v) is 9.27. The van der Waals surface area contributed by atoms with Crippen LogP contribution in [0.1, 0.15) is 13.3 Å². The first kappa shape index (κ1) is 42.3. The Morgan fingerprint density at radius 3 is 1.57 bits per heavy atom. The molecular weight excluding hydrogens is 698 g/mol. The van der Waals surface area contributed by atoms with Crippen LogP contribution in [-0.4, -0.2) is 218 Å². The molecule has 20 atom stereocenters. The molecule has 0 bridgehead atoms. The molecule has 4 aliphatic rings. The summed E-state index contributed by atoms with van der Waals surface area (Å²) in [7, 11) is 0. The standard InChI is InChI=1S/C28H49N3O20/c1-9-14(36)22(49-27-19(41)17(39)15(37)10(5-32)45-27)12(7-34)47-25(9)51-24-16(38)11(6-33)46-28(21(24)43)50-23-13(8-35)48-26(20(42)18(23)40)44-4-2-3-30-31-29/h9-28,32-43H,2-8H2,1H3. The van der Waals surface area contributed by atoms with Crippen LogP contribution >= 0.6 is 0 Å². The predicted octanol–water partition coefficient (Wildman–Crippen LogP) is -6.75. The van der Waals surface area contributed by atoms with Crippen LogP contribution in [0, 0.1) is 5.92 Å². The Hall–Kier alpha value is -1.49. The smallest absolute Gasteiger partial charge is 0.187 e. The quantitative estimate of drug-likeness (QED) is 0.0320. The maximum absolute atomic E-state index is 11.3. The maximum atomic E-state index is 11.3. The van der Waals surface area contributed by atoms with E-state index < -0.39 is 149 Å². The molecule has 0 amide bonds. The van der Waals surface area contributed by atoms with Crippen molar-refractivity contribution in [2.24, 2.45) is 11.0 Å². The van der Waals surface area contributed by atoms with Gasteiger partial charge in [0.25, 0.3) is 0 Å². The molecule has 0 aromatic heterocycles. The molecule has 51 heavy (non-hydrogen) atoms. The molecule has 0 aliphatic carbocycles. The van der Waals surface area contributed by atoms with Crippen molar-refractivity contribution in [1.29, 1.82) is 0 Å². The van der Waals surface area contributed by atoms with Crippen LogP contribution in [-0.2, 0) is 37.9 Å². The highest BCUT2D eigenvalue weighted by Crippen LogP contribution is 2.36. The van der Waals surface area contributed by atoms with Gasteiger partial charge in [-0.25, -0.2) is 0 Å². The highest BCUT2D eigenvalue weighted by Gasteiger charge is 2.54. The lowest BCUT2D eigenvalue weighted by atomic mass is 9.91. The molecule has 4 saturated heterocycles. The highest BCUT2D eigenvalue weighted by atomic mass is 16.8. The lowest BCUT2D eigenvalue weighted by Crippen LogP contribution is -2.66. The Kier molecular flexibility index (Phi) is 15.9. The molecule has 0 saturated carbocycles. The van der Waals surface area contributed by atoms with Crippen molar-refractivity contribution in [3.63, 3.8) is 0 Å². The van der Waals surface area contributed by atoms with Crippen LogP contribution in [0.25, 0.3) is 10.4 Å². The lowest BCUT2D eigenvalue weighted by molar-refractivity contribution is -0.385. The summed E-state index contributed by atoms with van der Waals surface area (Å²) in [4.78, 5) is 2.61. The molecule has 4 rings (SSSR count). The first-order chi connectivity index (χ1) is 24.3. The van der Waals surface area contributed by atoms with Gasteiger partial charge in [0.05, 0.1) is 32.5 Å². The van der Waals surface area contributed by atoms with Crippen molar-refractivity contribution in [2.75, 3.05) is 39.6 Å². The van der Waals surface area contributed by atoms with Gasteiger partial charge in [-0.05, 0) is 12.0 Å². The van der Waals surface area contributed by atoms with Crippen molar-refractivity contribution >= 4 is 0 Å². The van der Waals surface area contributed by atoms with Gasteiger partial charge in [-0.1, -0.05) is 12.0 Å². The van der Waals surface area contributed by atoms with Crippen LogP contribution in [0.15, 0.2) is 5.11 Å². The van der Waals surface area contributed by atoms with Gasteiger partial charge in [0.15, 0.2) is 25.2 Å². The third kappa shape index (κ3) is 9.43. The summed E-state index contributed by atoms with van der Waals surface area (Å²) in [5, 5.41) is 128. The highest BCUT2D eigenvalue weighted by molar-refractivity contribution is 4.97. The first-order valence-electron chi connectivity index (χ1n) is 16.4. The normalized spacial score (nSPS) is 47.9. The van der Waals surface area contributed by atoms with E-state index in [2.05, 4.69) is 10.0 Å². The average molecular weight is 748 g/mol. The summed E-state index contributed by atoms with van der Waals surface area (Å²) in [5.74, 6) is -1.07. The lowest BCUT2D eigenvalue weighted by Gasteiger charge is -2.49. The van der Waals surface area contributed by atoms with Gasteiger partial charge < -0.3 is 99.2 Å². The first-order valence-corrected chi connectivity index (χ1v) is 16.4. The molecule has 4 fully saturated rings. The number of hydrogen-bond donors (Lipinski definition) is 12. The van der Waals surface area contributed by atoms with Crippen molar-refractivity contribution in [1.82, 2.24) is 0 Å². The summed E-state index contributed by atoms with van der Waals surface area (Å²) >= 11 is 0. The monoisotopic (exact) mass is 747 g/mol. The fraction of sp³-hybridized carbons (Fsp3) is 1.00. The minimum absolute atomic E-state index is 0.0369. The van der Waals surface area contributed by atoms with Crippen LogP contribution in [0.3, 0.4) is 0 Å². The number of aliphatic hydroxyl groups excluding tert-OH is 12. The van der Waals surface area contributed by atoms with Gasteiger partial charge in [0, 0.05) is 24.0 Å². The number of rotatable bonds is 15. The SMILES string of the molecule is CC1C(OC2C(O)C(CO)OC(OC3C(CO)OC(OCCCN=[N+]=[N-])C(O)C3O)C2O)OC(CO)C(OC2OC(CO)C(O)C(O)C2O)C1O. The van der Waals surface area contributed by atoms with E-state index in [1.54, 1.807) is 0 Å². The summed E-state index contributed by atoms with van der Waals surface area (Å²) < 4.78 is 44.9.